The molecule has 1 aliphatic heterocycles. The lowest BCUT2D eigenvalue weighted by atomic mass is 9.85. The van der Waals surface area contributed by atoms with Gasteiger partial charge in [-0.2, -0.15) is 0 Å². The number of benzene rings is 2. The lowest BCUT2D eigenvalue weighted by Crippen LogP contribution is -2.30. The van der Waals surface area contributed by atoms with Gasteiger partial charge in [-0.1, -0.05) is 12.1 Å². The van der Waals surface area contributed by atoms with Crippen LogP contribution in [0.25, 0.3) is 0 Å². The van der Waals surface area contributed by atoms with Gasteiger partial charge < -0.3 is 10.1 Å². The van der Waals surface area contributed by atoms with E-state index in [1.807, 2.05) is 29.6 Å². The van der Waals surface area contributed by atoms with E-state index in [1.54, 1.807) is 42.7 Å². The van der Waals surface area contributed by atoms with Gasteiger partial charge >= 0.3 is 0 Å². The van der Waals surface area contributed by atoms with Gasteiger partial charge in [-0.05, 0) is 73.7 Å². The van der Waals surface area contributed by atoms with Crippen LogP contribution >= 0.6 is 11.3 Å². The summed E-state index contributed by atoms with van der Waals surface area (Å²) in [6.45, 7) is 4.16. The van der Waals surface area contributed by atoms with Crippen LogP contribution in [0.3, 0.4) is 0 Å². The molecule has 0 unspecified atom stereocenters. The number of rotatable bonds is 7. The molecule has 4 rings (SSSR count). The molecule has 0 radical (unpaired) electrons. The fourth-order valence-corrected chi connectivity index (χ4v) is 4.64. The van der Waals surface area contributed by atoms with E-state index in [-0.39, 0.29) is 23.7 Å². The van der Waals surface area contributed by atoms with E-state index in [0.717, 1.165) is 28.3 Å². The number of Topliss-reactive ketones (excluding diaryl/α,β-unsaturated/α-hetero) is 1. The summed E-state index contributed by atoms with van der Waals surface area (Å²) in [6.07, 6.45) is 1.38. The average molecular weight is 447 g/mol. The minimum absolute atomic E-state index is 0.00770. The largest absolute Gasteiger partial charge is 0.497 e. The molecule has 0 bridgehead atoms. The zero-order chi connectivity index (χ0) is 22.7. The molecule has 0 saturated carbocycles. The van der Waals surface area contributed by atoms with Gasteiger partial charge in [-0.15, -0.1) is 11.3 Å². The number of hydrogen-bond donors (Lipinski definition) is 1. The Hall–Kier alpha value is -3.25. The molecule has 2 heterocycles. The summed E-state index contributed by atoms with van der Waals surface area (Å²) in [5.41, 5.74) is 3.96. The zero-order valence-electron chi connectivity index (χ0n) is 18.5. The number of nitrogens with one attached hydrogen (secondary N) is 1. The van der Waals surface area contributed by atoms with Gasteiger partial charge in [0.25, 0.3) is 0 Å². The number of anilines is 1. The molecule has 1 N–H and O–H groups in total. The number of aliphatic imine (C=N–C) groups is 1. The normalized spacial score (nSPS) is 14.3. The van der Waals surface area contributed by atoms with E-state index >= 15 is 0 Å². The zero-order valence-corrected chi connectivity index (χ0v) is 19.3. The predicted molar refractivity (Wildman–Crippen MR) is 129 cm³/mol. The summed E-state index contributed by atoms with van der Waals surface area (Å²) in [6, 6.07) is 16.9. The Kier molecular flexibility index (Phi) is 6.24. The quantitative estimate of drug-likeness (QED) is 0.499. The van der Waals surface area contributed by atoms with Gasteiger partial charge in [-0.3, -0.25) is 14.6 Å². The maximum absolute atomic E-state index is 13.0. The molecular formula is C26H26N2O3S. The summed E-state index contributed by atoms with van der Waals surface area (Å²) >= 11 is 1.56. The fraction of sp³-hybridized carbons (Fsp3) is 0.269. The number of ketones is 1. The Morgan fingerprint density at radius 1 is 1.09 bits per heavy atom. The molecule has 0 spiro atoms. The Morgan fingerprint density at radius 3 is 2.56 bits per heavy atom. The second-order valence-electron chi connectivity index (χ2n) is 8.55. The first kappa shape index (κ1) is 22.0. The highest BCUT2D eigenvalue weighted by molar-refractivity contribution is 7.10. The van der Waals surface area contributed by atoms with Crippen molar-refractivity contribution >= 4 is 34.4 Å². The highest BCUT2D eigenvalue weighted by Crippen LogP contribution is 2.31. The third-order valence-electron chi connectivity index (χ3n) is 5.42. The molecule has 1 aliphatic rings. The molecule has 32 heavy (non-hydrogen) atoms. The molecule has 0 saturated heterocycles. The molecule has 0 atom stereocenters. The Morgan fingerprint density at radius 2 is 1.88 bits per heavy atom. The maximum Gasteiger partial charge on any atom is 0.229 e. The third-order valence-corrected chi connectivity index (χ3v) is 6.30. The third kappa shape index (κ3) is 5.14. The van der Waals surface area contributed by atoms with Crippen molar-refractivity contribution in [1.29, 1.82) is 0 Å². The van der Waals surface area contributed by atoms with Crippen LogP contribution < -0.4 is 10.1 Å². The van der Waals surface area contributed by atoms with E-state index in [1.165, 1.54) is 5.56 Å². The van der Waals surface area contributed by atoms with Crippen molar-refractivity contribution in [2.24, 2.45) is 4.99 Å². The SMILES string of the molecule is COc1ccc2c(c1)C(CC(=O)c1ccc(NC(=O)Cc3cccs3)cc1)=NC(C)(C)C2. The summed E-state index contributed by atoms with van der Waals surface area (Å²) in [5, 5.41) is 4.84. The second kappa shape index (κ2) is 9.09. The first-order valence-corrected chi connectivity index (χ1v) is 11.4. The number of carbonyl (C=O) groups is 2. The van der Waals surface area contributed by atoms with E-state index < -0.39 is 0 Å². The fourth-order valence-electron chi connectivity index (χ4n) is 3.94. The van der Waals surface area contributed by atoms with Crippen LogP contribution in [0.2, 0.25) is 0 Å². The van der Waals surface area contributed by atoms with Gasteiger partial charge in [0.05, 0.1) is 31.2 Å². The minimum atomic E-state index is -0.256. The van der Waals surface area contributed by atoms with Crippen molar-refractivity contribution in [1.82, 2.24) is 0 Å². The van der Waals surface area contributed by atoms with Gasteiger partial charge in [0.2, 0.25) is 5.91 Å². The molecule has 1 amide bonds. The van der Waals surface area contributed by atoms with Crippen molar-refractivity contribution in [3.05, 3.63) is 81.5 Å². The highest BCUT2D eigenvalue weighted by Gasteiger charge is 2.28. The molecule has 1 aromatic heterocycles. The smallest absolute Gasteiger partial charge is 0.229 e. The van der Waals surface area contributed by atoms with Crippen LogP contribution in [-0.4, -0.2) is 30.1 Å². The monoisotopic (exact) mass is 446 g/mol. The first-order valence-electron chi connectivity index (χ1n) is 10.5. The van der Waals surface area contributed by atoms with Crippen LogP contribution in [0.4, 0.5) is 5.69 Å². The number of fused-ring (bicyclic) bond motifs is 1. The summed E-state index contributed by atoms with van der Waals surface area (Å²) in [5.74, 6) is 0.675. The molecule has 0 aliphatic carbocycles. The Balaban J connectivity index is 1.46. The Bertz CT molecular complexity index is 1160. The summed E-state index contributed by atoms with van der Waals surface area (Å²) in [7, 11) is 1.64. The number of amides is 1. The van der Waals surface area contributed by atoms with E-state index in [0.29, 0.717) is 17.7 Å². The van der Waals surface area contributed by atoms with E-state index in [2.05, 4.69) is 25.2 Å². The van der Waals surface area contributed by atoms with Crippen LogP contribution in [0.15, 0.2) is 65.0 Å². The van der Waals surface area contributed by atoms with Gasteiger partial charge in [0.1, 0.15) is 5.75 Å². The Labute approximate surface area is 192 Å². The topological polar surface area (TPSA) is 67.8 Å². The van der Waals surface area contributed by atoms with Crippen molar-refractivity contribution < 1.29 is 14.3 Å². The minimum Gasteiger partial charge on any atom is -0.497 e. The van der Waals surface area contributed by atoms with Crippen LogP contribution in [0, 0.1) is 0 Å². The lowest BCUT2D eigenvalue weighted by Gasteiger charge is -2.29. The molecule has 164 valence electrons. The molecular weight excluding hydrogens is 420 g/mol. The number of hydrogen-bond acceptors (Lipinski definition) is 5. The number of ether oxygens (including phenoxy) is 1. The number of carbonyl (C=O) groups excluding carboxylic acids is 2. The number of methoxy groups -OCH3 is 1. The van der Waals surface area contributed by atoms with E-state index in [9.17, 15) is 9.59 Å². The first-order chi connectivity index (χ1) is 15.3. The standard InChI is InChI=1S/C26H26N2O3S/c1-26(2)16-18-8-11-20(31-3)13-22(18)23(28-26)15-24(29)17-6-9-19(10-7-17)27-25(30)14-21-5-4-12-32-21/h4-13H,14-16H2,1-3H3,(H,27,30). The van der Waals surface area contributed by atoms with Crippen LogP contribution in [-0.2, 0) is 17.6 Å². The van der Waals surface area contributed by atoms with Crippen LogP contribution in [0.5, 0.6) is 5.75 Å². The highest BCUT2D eigenvalue weighted by atomic mass is 32.1. The molecule has 5 nitrogen and oxygen atoms in total. The van der Waals surface area contributed by atoms with Crippen molar-refractivity contribution in [3.8, 4) is 5.75 Å². The predicted octanol–water partition coefficient (Wildman–Crippen LogP) is 5.33. The van der Waals surface area contributed by atoms with Crippen molar-refractivity contribution in [2.75, 3.05) is 12.4 Å². The molecule has 0 fully saturated rings. The number of nitrogens with zero attached hydrogens (tertiary/aromatic N) is 1. The van der Waals surface area contributed by atoms with Gasteiger partial charge in [0, 0.05) is 21.7 Å². The molecule has 6 heteroatoms. The summed E-state index contributed by atoms with van der Waals surface area (Å²) < 4.78 is 5.37. The molecule has 3 aromatic rings. The van der Waals surface area contributed by atoms with Gasteiger partial charge in [0.15, 0.2) is 5.78 Å². The van der Waals surface area contributed by atoms with Crippen LogP contribution in [0.1, 0.15) is 46.6 Å². The second-order valence-corrected chi connectivity index (χ2v) is 9.58. The number of thiophene rings is 1. The molecule has 2 aromatic carbocycles. The van der Waals surface area contributed by atoms with Crippen molar-refractivity contribution in [2.45, 2.75) is 38.6 Å². The summed E-state index contributed by atoms with van der Waals surface area (Å²) in [4.78, 5) is 31.1. The van der Waals surface area contributed by atoms with Crippen molar-refractivity contribution in [3.63, 3.8) is 0 Å². The average Bonchev–Trinajstić information content (AvgIpc) is 3.26. The van der Waals surface area contributed by atoms with E-state index in [4.69, 9.17) is 9.73 Å². The van der Waals surface area contributed by atoms with Gasteiger partial charge in [-0.25, -0.2) is 0 Å². The lowest BCUT2D eigenvalue weighted by molar-refractivity contribution is -0.115. The maximum atomic E-state index is 13.0.